The molecular formula is C30H26N6O. The van der Waals surface area contributed by atoms with Gasteiger partial charge in [-0.15, -0.1) is 0 Å². The second-order valence-corrected chi connectivity index (χ2v) is 10.2. The molecule has 6 aromatic rings. The van der Waals surface area contributed by atoms with Crippen molar-refractivity contribution in [3.05, 3.63) is 85.5 Å². The zero-order valence-electron chi connectivity index (χ0n) is 20.8. The van der Waals surface area contributed by atoms with Gasteiger partial charge in [0.25, 0.3) is 0 Å². The van der Waals surface area contributed by atoms with Gasteiger partial charge in [-0.3, -0.25) is 19.9 Å². The Morgan fingerprint density at radius 3 is 2.49 bits per heavy atom. The molecule has 0 aliphatic rings. The maximum absolute atomic E-state index is 12.5. The van der Waals surface area contributed by atoms with E-state index in [4.69, 9.17) is 0 Å². The number of hydrogen-bond donors (Lipinski definition) is 3. The van der Waals surface area contributed by atoms with Crippen molar-refractivity contribution in [1.29, 1.82) is 0 Å². The molecule has 0 saturated carbocycles. The summed E-state index contributed by atoms with van der Waals surface area (Å²) < 4.78 is 0. The number of carbonyl (C=O) groups excluding carboxylic acids is 1. The fraction of sp³-hybridized carbons (Fsp3) is 0.133. The normalized spacial score (nSPS) is 11.8. The number of pyridine rings is 2. The highest BCUT2D eigenvalue weighted by molar-refractivity contribution is 6.02. The molecule has 7 heteroatoms. The molecule has 182 valence electrons. The van der Waals surface area contributed by atoms with Crippen LogP contribution in [0.2, 0.25) is 0 Å². The molecule has 0 unspecified atom stereocenters. The van der Waals surface area contributed by atoms with Crippen molar-refractivity contribution in [2.45, 2.75) is 20.8 Å². The minimum atomic E-state index is -0.489. The number of aromatic amines is 2. The smallest absolute Gasteiger partial charge is 0.229 e. The van der Waals surface area contributed by atoms with Crippen LogP contribution in [-0.4, -0.2) is 31.1 Å². The fourth-order valence-electron chi connectivity index (χ4n) is 4.44. The summed E-state index contributed by atoms with van der Waals surface area (Å²) in [7, 11) is 0. The highest BCUT2D eigenvalue weighted by Gasteiger charge is 2.21. The van der Waals surface area contributed by atoms with E-state index in [1.165, 1.54) is 0 Å². The third-order valence-electron chi connectivity index (χ3n) is 6.47. The maximum Gasteiger partial charge on any atom is 0.229 e. The first kappa shape index (κ1) is 22.7. The molecule has 4 aromatic heterocycles. The van der Waals surface area contributed by atoms with E-state index in [1.807, 2.05) is 57.3 Å². The van der Waals surface area contributed by atoms with E-state index in [9.17, 15) is 4.79 Å². The van der Waals surface area contributed by atoms with Gasteiger partial charge in [-0.1, -0.05) is 45.0 Å². The van der Waals surface area contributed by atoms with Crippen molar-refractivity contribution in [3.63, 3.8) is 0 Å². The molecule has 0 aliphatic carbocycles. The molecular weight excluding hydrogens is 460 g/mol. The van der Waals surface area contributed by atoms with Gasteiger partial charge >= 0.3 is 0 Å². The lowest BCUT2D eigenvalue weighted by molar-refractivity contribution is -0.123. The lowest BCUT2D eigenvalue weighted by Gasteiger charge is -2.17. The van der Waals surface area contributed by atoms with E-state index in [0.29, 0.717) is 5.69 Å². The minimum Gasteiger partial charge on any atom is -0.353 e. The quantitative estimate of drug-likeness (QED) is 0.255. The largest absolute Gasteiger partial charge is 0.353 e. The third kappa shape index (κ3) is 4.25. The summed E-state index contributed by atoms with van der Waals surface area (Å²) >= 11 is 0. The topological polar surface area (TPSA) is 99.3 Å². The predicted molar refractivity (Wildman–Crippen MR) is 148 cm³/mol. The molecule has 6 rings (SSSR count). The van der Waals surface area contributed by atoms with Crippen molar-refractivity contribution >= 4 is 33.4 Å². The molecule has 37 heavy (non-hydrogen) atoms. The summed E-state index contributed by atoms with van der Waals surface area (Å²) in [4.78, 5) is 24.6. The van der Waals surface area contributed by atoms with Crippen LogP contribution in [0.1, 0.15) is 20.8 Å². The van der Waals surface area contributed by atoms with Crippen LogP contribution < -0.4 is 5.32 Å². The van der Waals surface area contributed by atoms with Crippen molar-refractivity contribution in [2.24, 2.45) is 5.41 Å². The van der Waals surface area contributed by atoms with Crippen LogP contribution in [0.3, 0.4) is 0 Å². The number of hydrogen-bond acceptors (Lipinski definition) is 4. The van der Waals surface area contributed by atoms with Crippen molar-refractivity contribution in [3.8, 4) is 33.6 Å². The number of H-pyrrole nitrogens is 2. The molecule has 0 aliphatic heterocycles. The molecule has 0 spiro atoms. The molecule has 0 bridgehead atoms. The van der Waals surface area contributed by atoms with Gasteiger partial charge in [-0.2, -0.15) is 5.10 Å². The summed E-state index contributed by atoms with van der Waals surface area (Å²) in [5.41, 5.74) is 8.02. The first-order valence-corrected chi connectivity index (χ1v) is 12.1. The standard InChI is InChI=1S/C30H26N6O/c1-30(2,3)29(37)33-21-12-20(16-32-17-21)18-9-10-26-24(13-18)28(36-35-26)27-14-23-22(7-4-8-25(23)34-27)19-6-5-11-31-15-19/h4-17,34H,1-3H3,(H,33,37)(H,35,36). The summed E-state index contributed by atoms with van der Waals surface area (Å²) in [6.07, 6.45) is 7.13. The van der Waals surface area contributed by atoms with Crippen LogP contribution in [-0.2, 0) is 4.79 Å². The molecule has 7 nitrogen and oxygen atoms in total. The second kappa shape index (κ2) is 8.71. The van der Waals surface area contributed by atoms with Gasteiger partial charge in [0.05, 0.1) is 23.1 Å². The summed E-state index contributed by atoms with van der Waals surface area (Å²) in [6.45, 7) is 5.66. The molecule has 4 heterocycles. The van der Waals surface area contributed by atoms with Gasteiger partial charge in [0.1, 0.15) is 5.69 Å². The monoisotopic (exact) mass is 486 g/mol. The van der Waals surface area contributed by atoms with Crippen molar-refractivity contribution in [1.82, 2.24) is 25.1 Å². The van der Waals surface area contributed by atoms with Gasteiger partial charge in [0, 0.05) is 51.4 Å². The number of nitrogens with one attached hydrogen (secondary N) is 3. The minimum absolute atomic E-state index is 0.0523. The van der Waals surface area contributed by atoms with Crippen molar-refractivity contribution < 1.29 is 4.79 Å². The third-order valence-corrected chi connectivity index (χ3v) is 6.47. The molecule has 0 radical (unpaired) electrons. The number of aromatic nitrogens is 5. The van der Waals surface area contributed by atoms with Gasteiger partial charge < -0.3 is 10.3 Å². The first-order chi connectivity index (χ1) is 17.9. The Balaban J connectivity index is 1.40. The number of amides is 1. The predicted octanol–water partition coefficient (Wildman–Crippen LogP) is 6.82. The lowest BCUT2D eigenvalue weighted by atomic mass is 9.95. The summed E-state index contributed by atoms with van der Waals surface area (Å²) in [6, 6.07) is 20.5. The molecule has 2 aromatic carbocycles. The Bertz CT molecular complexity index is 1760. The molecule has 0 fully saturated rings. The van der Waals surface area contributed by atoms with Crippen LogP contribution >= 0.6 is 0 Å². The van der Waals surface area contributed by atoms with E-state index in [2.05, 4.69) is 60.8 Å². The SMILES string of the molecule is CC(C)(C)C(=O)Nc1cncc(-c2ccc3[nH]nc(-c4cc5c(-c6cccnc6)cccc5[nH]4)c3c2)c1. The lowest BCUT2D eigenvalue weighted by Crippen LogP contribution is -2.27. The summed E-state index contributed by atoms with van der Waals surface area (Å²) in [5, 5.41) is 12.9. The van der Waals surface area contributed by atoms with Gasteiger partial charge in [0.15, 0.2) is 0 Å². The first-order valence-electron chi connectivity index (χ1n) is 12.1. The number of carbonyl (C=O) groups is 1. The van der Waals surface area contributed by atoms with Gasteiger partial charge in [-0.05, 0) is 47.5 Å². The Kier molecular flexibility index (Phi) is 5.34. The molecule has 1 amide bonds. The van der Waals surface area contributed by atoms with Crippen LogP contribution in [0.5, 0.6) is 0 Å². The van der Waals surface area contributed by atoms with E-state index in [-0.39, 0.29) is 5.91 Å². The zero-order valence-corrected chi connectivity index (χ0v) is 20.8. The zero-order chi connectivity index (χ0) is 25.6. The second-order valence-electron chi connectivity index (χ2n) is 10.2. The van der Waals surface area contributed by atoms with E-state index in [1.54, 1.807) is 18.6 Å². The van der Waals surface area contributed by atoms with E-state index < -0.39 is 5.41 Å². The number of rotatable bonds is 4. The van der Waals surface area contributed by atoms with Crippen LogP contribution in [0.15, 0.2) is 85.5 Å². The van der Waals surface area contributed by atoms with Crippen LogP contribution in [0.25, 0.3) is 55.4 Å². The number of fused-ring (bicyclic) bond motifs is 2. The van der Waals surface area contributed by atoms with Crippen LogP contribution in [0, 0.1) is 5.41 Å². The average Bonchev–Trinajstić information content (AvgIpc) is 3.52. The summed E-state index contributed by atoms with van der Waals surface area (Å²) in [5.74, 6) is -0.0523. The van der Waals surface area contributed by atoms with Gasteiger partial charge in [0.2, 0.25) is 5.91 Å². The van der Waals surface area contributed by atoms with E-state index >= 15 is 0 Å². The van der Waals surface area contributed by atoms with Gasteiger partial charge in [-0.25, -0.2) is 0 Å². The Labute approximate surface area is 214 Å². The highest BCUT2D eigenvalue weighted by Crippen LogP contribution is 2.35. The Morgan fingerprint density at radius 1 is 0.811 bits per heavy atom. The van der Waals surface area contributed by atoms with E-state index in [0.717, 1.165) is 55.4 Å². The van der Waals surface area contributed by atoms with Crippen molar-refractivity contribution in [2.75, 3.05) is 5.32 Å². The molecule has 3 N–H and O–H groups in total. The molecule has 0 saturated heterocycles. The maximum atomic E-state index is 12.5. The highest BCUT2D eigenvalue weighted by atomic mass is 16.2. The average molecular weight is 487 g/mol. The molecule has 0 atom stereocenters. The fourth-order valence-corrected chi connectivity index (χ4v) is 4.44. The number of benzene rings is 2. The Hall–Kier alpha value is -4.78. The number of anilines is 1. The van der Waals surface area contributed by atoms with Crippen LogP contribution in [0.4, 0.5) is 5.69 Å². The Morgan fingerprint density at radius 2 is 1.68 bits per heavy atom. The number of nitrogens with zero attached hydrogens (tertiary/aromatic N) is 3.